The Hall–Kier alpha value is -0.110. The average Bonchev–Trinajstić information content (AvgIpc) is 1.65. The summed E-state index contributed by atoms with van der Waals surface area (Å²) in [6.07, 6.45) is 0. The molecular formula is C5H7BrO. The molecule has 0 spiro atoms. The smallest absolute Gasteiger partial charge is 0.156 e. The standard InChI is InChI=1S/C5H7BrO/c1-4(3-6)5(2)7/h1,3H2,2H3. The SMILES string of the molecule is C=C(CBr)C(C)=O. The van der Waals surface area contributed by atoms with Crippen LogP contribution in [0.5, 0.6) is 0 Å². The molecule has 0 radical (unpaired) electrons. The second kappa shape index (κ2) is 2.97. The molecule has 0 aromatic carbocycles. The van der Waals surface area contributed by atoms with E-state index in [2.05, 4.69) is 22.5 Å². The van der Waals surface area contributed by atoms with Gasteiger partial charge in [-0.15, -0.1) is 0 Å². The fraction of sp³-hybridized carbons (Fsp3) is 0.400. The van der Waals surface area contributed by atoms with Crippen LogP contribution in [0.3, 0.4) is 0 Å². The fourth-order valence-electron chi connectivity index (χ4n) is 0.0941. The molecule has 0 N–H and O–H groups in total. The van der Waals surface area contributed by atoms with E-state index < -0.39 is 0 Å². The lowest BCUT2D eigenvalue weighted by atomic mass is 10.3. The molecule has 7 heavy (non-hydrogen) atoms. The van der Waals surface area contributed by atoms with Crippen molar-refractivity contribution in [3.63, 3.8) is 0 Å². The zero-order valence-electron chi connectivity index (χ0n) is 4.20. The van der Waals surface area contributed by atoms with Crippen LogP contribution in [0.1, 0.15) is 6.92 Å². The zero-order valence-corrected chi connectivity index (χ0v) is 5.79. The third-order valence-electron chi connectivity index (χ3n) is 0.659. The van der Waals surface area contributed by atoms with Crippen molar-refractivity contribution in [3.8, 4) is 0 Å². The van der Waals surface area contributed by atoms with Gasteiger partial charge in [-0.3, -0.25) is 4.79 Å². The number of hydrogen-bond donors (Lipinski definition) is 0. The topological polar surface area (TPSA) is 17.1 Å². The lowest BCUT2D eigenvalue weighted by molar-refractivity contribution is -0.113. The molecule has 40 valence electrons. The van der Waals surface area contributed by atoms with E-state index in [-0.39, 0.29) is 5.78 Å². The van der Waals surface area contributed by atoms with Crippen LogP contribution in [-0.2, 0) is 4.79 Å². The maximum Gasteiger partial charge on any atom is 0.156 e. The number of Topliss-reactive ketones (excluding diaryl/α,β-unsaturated/α-hetero) is 1. The summed E-state index contributed by atoms with van der Waals surface area (Å²) in [7, 11) is 0. The Kier molecular flexibility index (Phi) is 2.92. The summed E-state index contributed by atoms with van der Waals surface area (Å²) in [6.45, 7) is 4.98. The van der Waals surface area contributed by atoms with E-state index >= 15 is 0 Å². The van der Waals surface area contributed by atoms with Crippen molar-refractivity contribution in [3.05, 3.63) is 12.2 Å². The highest BCUT2D eigenvalue weighted by Crippen LogP contribution is 1.95. The highest BCUT2D eigenvalue weighted by atomic mass is 79.9. The molecular weight excluding hydrogens is 156 g/mol. The second-order valence-electron chi connectivity index (χ2n) is 1.29. The first kappa shape index (κ1) is 6.89. The van der Waals surface area contributed by atoms with Gasteiger partial charge in [0.05, 0.1) is 0 Å². The summed E-state index contributed by atoms with van der Waals surface area (Å²) in [5.74, 6) is 0.0527. The van der Waals surface area contributed by atoms with Crippen LogP contribution in [0.25, 0.3) is 0 Å². The number of allylic oxidation sites excluding steroid dienone is 1. The number of alkyl halides is 1. The highest BCUT2D eigenvalue weighted by molar-refractivity contribution is 9.09. The summed E-state index contributed by atoms with van der Waals surface area (Å²) >= 11 is 3.09. The van der Waals surface area contributed by atoms with E-state index in [1.165, 1.54) is 6.92 Å². The van der Waals surface area contributed by atoms with Gasteiger partial charge in [0.25, 0.3) is 0 Å². The molecule has 0 fully saturated rings. The van der Waals surface area contributed by atoms with Crippen molar-refractivity contribution in [1.82, 2.24) is 0 Å². The van der Waals surface area contributed by atoms with Crippen molar-refractivity contribution >= 4 is 21.7 Å². The van der Waals surface area contributed by atoms with E-state index in [4.69, 9.17) is 0 Å². The number of rotatable bonds is 2. The molecule has 0 unspecified atom stereocenters. The first-order valence-electron chi connectivity index (χ1n) is 1.93. The van der Waals surface area contributed by atoms with Gasteiger partial charge in [-0.05, 0) is 12.5 Å². The van der Waals surface area contributed by atoms with Crippen molar-refractivity contribution in [1.29, 1.82) is 0 Å². The maximum absolute atomic E-state index is 10.2. The molecule has 2 heteroatoms. The van der Waals surface area contributed by atoms with E-state index in [9.17, 15) is 4.79 Å². The molecule has 0 rings (SSSR count). The lowest BCUT2D eigenvalue weighted by Gasteiger charge is -1.87. The fourth-order valence-corrected chi connectivity index (χ4v) is 0.489. The van der Waals surface area contributed by atoms with Gasteiger partial charge in [-0.25, -0.2) is 0 Å². The Morgan fingerprint density at radius 2 is 2.29 bits per heavy atom. The highest BCUT2D eigenvalue weighted by Gasteiger charge is 1.93. The first-order chi connectivity index (χ1) is 3.18. The molecule has 0 aliphatic carbocycles. The minimum absolute atomic E-state index is 0.0527. The number of ketones is 1. The quantitative estimate of drug-likeness (QED) is 0.445. The molecule has 0 atom stereocenters. The Balaban J connectivity index is 3.58. The van der Waals surface area contributed by atoms with Gasteiger partial charge in [-0.1, -0.05) is 22.5 Å². The van der Waals surface area contributed by atoms with Gasteiger partial charge in [0.1, 0.15) is 0 Å². The lowest BCUT2D eigenvalue weighted by Crippen LogP contribution is -1.93. The number of hydrogen-bond acceptors (Lipinski definition) is 1. The zero-order chi connectivity index (χ0) is 5.86. The van der Waals surface area contributed by atoms with E-state index in [0.29, 0.717) is 10.9 Å². The van der Waals surface area contributed by atoms with Crippen LogP contribution in [0.2, 0.25) is 0 Å². The van der Waals surface area contributed by atoms with Gasteiger partial charge in [0.2, 0.25) is 0 Å². The largest absolute Gasteiger partial charge is 0.295 e. The summed E-state index contributed by atoms with van der Waals surface area (Å²) in [6, 6.07) is 0. The minimum Gasteiger partial charge on any atom is -0.295 e. The third kappa shape index (κ3) is 2.57. The van der Waals surface area contributed by atoms with Crippen LogP contribution in [0.4, 0.5) is 0 Å². The average molecular weight is 163 g/mol. The Morgan fingerprint density at radius 3 is 2.29 bits per heavy atom. The molecule has 0 saturated heterocycles. The van der Waals surface area contributed by atoms with Gasteiger partial charge in [-0.2, -0.15) is 0 Å². The molecule has 0 bridgehead atoms. The van der Waals surface area contributed by atoms with Crippen molar-refractivity contribution in [2.24, 2.45) is 0 Å². The molecule has 0 amide bonds. The van der Waals surface area contributed by atoms with Gasteiger partial charge < -0.3 is 0 Å². The molecule has 0 heterocycles. The van der Waals surface area contributed by atoms with Crippen LogP contribution in [0.15, 0.2) is 12.2 Å². The van der Waals surface area contributed by atoms with Crippen LogP contribution in [-0.4, -0.2) is 11.1 Å². The monoisotopic (exact) mass is 162 g/mol. The van der Waals surface area contributed by atoms with Crippen molar-refractivity contribution in [2.45, 2.75) is 6.92 Å². The molecule has 0 aromatic rings. The second-order valence-corrected chi connectivity index (χ2v) is 1.85. The number of carbonyl (C=O) groups excluding carboxylic acids is 1. The third-order valence-corrected chi connectivity index (χ3v) is 1.34. The predicted octanol–water partition coefficient (Wildman–Crippen LogP) is 1.53. The van der Waals surface area contributed by atoms with Gasteiger partial charge >= 0.3 is 0 Å². The van der Waals surface area contributed by atoms with Gasteiger partial charge in [0, 0.05) is 5.33 Å². The van der Waals surface area contributed by atoms with Gasteiger partial charge in [0.15, 0.2) is 5.78 Å². The molecule has 0 aliphatic heterocycles. The van der Waals surface area contributed by atoms with E-state index in [0.717, 1.165) is 0 Å². The van der Waals surface area contributed by atoms with Crippen molar-refractivity contribution in [2.75, 3.05) is 5.33 Å². The summed E-state index contributed by atoms with van der Waals surface area (Å²) < 4.78 is 0. The van der Waals surface area contributed by atoms with E-state index in [1.54, 1.807) is 0 Å². The Bertz CT molecular complexity index is 96.3. The van der Waals surface area contributed by atoms with Crippen LogP contribution >= 0.6 is 15.9 Å². The summed E-state index contributed by atoms with van der Waals surface area (Å²) in [5.41, 5.74) is 0.625. The van der Waals surface area contributed by atoms with Crippen LogP contribution < -0.4 is 0 Å². The van der Waals surface area contributed by atoms with Crippen molar-refractivity contribution < 1.29 is 4.79 Å². The Labute approximate surface area is 51.5 Å². The Morgan fingerprint density at radius 1 is 1.86 bits per heavy atom. The number of halogens is 1. The predicted molar refractivity (Wildman–Crippen MR) is 33.6 cm³/mol. The molecule has 0 saturated carbocycles. The molecule has 0 aromatic heterocycles. The normalized spacial score (nSPS) is 8.29. The summed E-state index contributed by atoms with van der Waals surface area (Å²) in [4.78, 5) is 10.2. The summed E-state index contributed by atoms with van der Waals surface area (Å²) in [5, 5.41) is 0.586. The number of carbonyl (C=O) groups is 1. The first-order valence-corrected chi connectivity index (χ1v) is 3.05. The van der Waals surface area contributed by atoms with E-state index in [1.807, 2.05) is 0 Å². The molecule has 1 nitrogen and oxygen atoms in total. The minimum atomic E-state index is 0.0527. The van der Waals surface area contributed by atoms with Crippen LogP contribution in [0, 0.1) is 0 Å². The molecule has 0 aliphatic rings. The maximum atomic E-state index is 10.2.